The molecular weight excluding hydrogens is 366 g/mol. The highest BCUT2D eigenvalue weighted by molar-refractivity contribution is 5.81. The molecule has 2 aliphatic rings. The van der Waals surface area contributed by atoms with Gasteiger partial charge in [0.25, 0.3) is 5.91 Å². The lowest BCUT2D eigenvalue weighted by atomic mass is 9.92. The molecule has 0 bridgehead atoms. The maximum absolute atomic E-state index is 12.8. The molecular formula is C24H29NO4. The second-order valence-corrected chi connectivity index (χ2v) is 7.80. The first-order valence-corrected chi connectivity index (χ1v) is 10.6. The number of morpholine rings is 1. The average Bonchev–Trinajstić information content (AvgIpc) is 2.78. The van der Waals surface area contributed by atoms with Crippen LogP contribution < -0.4 is 9.47 Å². The molecule has 2 unspecified atom stereocenters. The average molecular weight is 395 g/mol. The normalized spacial score (nSPS) is 19.9. The van der Waals surface area contributed by atoms with Crippen LogP contribution >= 0.6 is 0 Å². The first-order chi connectivity index (χ1) is 14.2. The summed E-state index contributed by atoms with van der Waals surface area (Å²) in [5.41, 5.74) is 2.85. The molecule has 0 spiro atoms. The molecule has 1 aliphatic carbocycles. The van der Waals surface area contributed by atoms with Crippen LogP contribution in [0.4, 0.5) is 0 Å². The van der Waals surface area contributed by atoms with Crippen LogP contribution in [0.2, 0.25) is 0 Å². The Hall–Kier alpha value is -2.53. The summed E-state index contributed by atoms with van der Waals surface area (Å²) in [4.78, 5) is 14.6. The van der Waals surface area contributed by atoms with Gasteiger partial charge in [0.2, 0.25) is 0 Å². The smallest absolute Gasteiger partial charge is 0.263 e. The zero-order valence-electron chi connectivity index (χ0n) is 17.0. The molecule has 1 heterocycles. The number of nitrogens with zero attached hydrogens (tertiary/aromatic N) is 1. The van der Waals surface area contributed by atoms with Crippen molar-refractivity contribution in [1.29, 1.82) is 0 Å². The molecule has 1 fully saturated rings. The lowest BCUT2D eigenvalue weighted by molar-refractivity contribution is -0.146. The van der Waals surface area contributed by atoms with Crippen LogP contribution in [0.3, 0.4) is 0 Å². The van der Waals surface area contributed by atoms with Crippen molar-refractivity contribution in [2.45, 2.75) is 44.8 Å². The Morgan fingerprint density at radius 1 is 1.10 bits per heavy atom. The van der Waals surface area contributed by atoms with Gasteiger partial charge >= 0.3 is 0 Å². The minimum Gasteiger partial charge on any atom is -0.491 e. The zero-order chi connectivity index (χ0) is 20.1. The number of benzene rings is 2. The van der Waals surface area contributed by atoms with Crippen molar-refractivity contribution in [2.75, 3.05) is 26.3 Å². The van der Waals surface area contributed by atoms with Crippen LogP contribution in [-0.4, -0.2) is 49.3 Å². The van der Waals surface area contributed by atoms with Crippen LogP contribution in [0.25, 0.3) is 0 Å². The highest BCUT2D eigenvalue weighted by Crippen LogP contribution is 2.25. The first kappa shape index (κ1) is 19.8. The van der Waals surface area contributed by atoms with Gasteiger partial charge in [-0.05, 0) is 68.0 Å². The molecule has 5 nitrogen and oxygen atoms in total. The summed E-state index contributed by atoms with van der Waals surface area (Å²) in [6, 6.07) is 15.8. The van der Waals surface area contributed by atoms with E-state index in [0.29, 0.717) is 32.1 Å². The predicted molar refractivity (Wildman–Crippen MR) is 111 cm³/mol. The summed E-state index contributed by atoms with van der Waals surface area (Å²) in [5.74, 6) is 1.57. The number of hydrogen-bond acceptors (Lipinski definition) is 4. The quantitative estimate of drug-likeness (QED) is 0.749. The third-order valence-corrected chi connectivity index (χ3v) is 5.61. The van der Waals surface area contributed by atoms with Gasteiger partial charge < -0.3 is 19.1 Å². The van der Waals surface area contributed by atoms with E-state index in [2.05, 4.69) is 12.1 Å². The van der Waals surface area contributed by atoms with Crippen molar-refractivity contribution in [3.8, 4) is 11.5 Å². The topological polar surface area (TPSA) is 48.0 Å². The molecule has 29 heavy (non-hydrogen) atoms. The fraction of sp³-hybridized carbons (Fsp3) is 0.458. The van der Waals surface area contributed by atoms with Gasteiger partial charge in [-0.3, -0.25) is 4.79 Å². The van der Waals surface area contributed by atoms with E-state index in [1.165, 1.54) is 30.4 Å². The van der Waals surface area contributed by atoms with Gasteiger partial charge in [0.1, 0.15) is 24.2 Å². The molecule has 154 valence electrons. The summed E-state index contributed by atoms with van der Waals surface area (Å²) < 4.78 is 17.6. The van der Waals surface area contributed by atoms with Gasteiger partial charge in [-0.25, -0.2) is 0 Å². The van der Waals surface area contributed by atoms with E-state index in [-0.39, 0.29) is 12.0 Å². The lowest BCUT2D eigenvalue weighted by Gasteiger charge is -2.34. The van der Waals surface area contributed by atoms with Gasteiger partial charge in [0.05, 0.1) is 13.2 Å². The lowest BCUT2D eigenvalue weighted by Crippen LogP contribution is -2.51. The van der Waals surface area contributed by atoms with E-state index in [0.717, 1.165) is 12.2 Å². The Morgan fingerprint density at radius 2 is 1.90 bits per heavy atom. The minimum absolute atomic E-state index is 0.0177. The van der Waals surface area contributed by atoms with Crippen molar-refractivity contribution in [3.05, 3.63) is 59.7 Å². The molecule has 2 atom stereocenters. The maximum Gasteiger partial charge on any atom is 0.263 e. The molecule has 2 aromatic rings. The Kier molecular flexibility index (Phi) is 6.35. The predicted octanol–water partition coefficient (Wildman–Crippen LogP) is 3.64. The molecule has 0 aromatic heterocycles. The number of rotatable bonds is 6. The Bertz CT molecular complexity index is 823. The van der Waals surface area contributed by atoms with Crippen LogP contribution in [0.5, 0.6) is 11.5 Å². The number of carbonyl (C=O) groups excluding carboxylic acids is 1. The number of amides is 1. The Balaban J connectivity index is 1.29. The number of fused-ring (bicyclic) bond motifs is 1. The van der Waals surface area contributed by atoms with Crippen LogP contribution in [-0.2, 0) is 22.4 Å². The van der Waals surface area contributed by atoms with Crippen LogP contribution in [0, 0.1) is 0 Å². The second kappa shape index (κ2) is 9.31. The zero-order valence-corrected chi connectivity index (χ0v) is 17.0. The van der Waals surface area contributed by atoms with Gasteiger partial charge in [0.15, 0.2) is 6.10 Å². The molecule has 1 aliphatic heterocycles. The van der Waals surface area contributed by atoms with Gasteiger partial charge in [-0.2, -0.15) is 0 Å². The third-order valence-electron chi connectivity index (χ3n) is 5.61. The highest BCUT2D eigenvalue weighted by Gasteiger charge is 2.28. The first-order valence-electron chi connectivity index (χ1n) is 10.6. The molecule has 5 heteroatoms. The number of carbonyl (C=O) groups is 1. The Labute approximate surface area is 172 Å². The van der Waals surface area contributed by atoms with Gasteiger partial charge in [-0.1, -0.05) is 24.3 Å². The molecule has 4 rings (SSSR count). The number of ether oxygens (including phenoxy) is 3. The summed E-state index contributed by atoms with van der Waals surface area (Å²) >= 11 is 0. The van der Waals surface area contributed by atoms with E-state index in [1.807, 2.05) is 41.3 Å². The van der Waals surface area contributed by atoms with Gasteiger partial charge in [-0.15, -0.1) is 0 Å². The maximum atomic E-state index is 12.8. The molecule has 0 N–H and O–H groups in total. The number of hydrogen-bond donors (Lipinski definition) is 0. The fourth-order valence-corrected chi connectivity index (χ4v) is 4.02. The van der Waals surface area contributed by atoms with Gasteiger partial charge in [0, 0.05) is 6.54 Å². The third kappa shape index (κ3) is 5.10. The molecule has 1 amide bonds. The molecule has 0 saturated carbocycles. The van der Waals surface area contributed by atoms with E-state index >= 15 is 0 Å². The van der Waals surface area contributed by atoms with Crippen molar-refractivity contribution in [1.82, 2.24) is 4.90 Å². The largest absolute Gasteiger partial charge is 0.491 e. The standard InChI is InChI=1S/C24H29NO4/c1-18(29-21-9-3-2-4-10-21)24(26)25-13-14-27-23(16-25)17-28-22-12-11-19-7-5-6-8-20(19)15-22/h2-4,9-12,15,18,23H,5-8,13-14,16-17H2,1H3. The second-order valence-electron chi connectivity index (χ2n) is 7.80. The van der Waals surface area contributed by atoms with Crippen LogP contribution in [0.1, 0.15) is 30.9 Å². The SMILES string of the molecule is CC(Oc1ccccc1)C(=O)N1CCOC(COc2ccc3c(c2)CCCC3)C1. The fourth-order valence-electron chi connectivity index (χ4n) is 4.02. The minimum atomic E-state index is -0.530. The van der Waals surface area contributed by atoms with Crippen LogP contribution in [0.15, 0.2) is 48.5 Å². The molecule has 2 aromatic carbocycles. The molecule has 1 saturated heterocycles. The van der Waals surface area contributed by atoms with E-state index in [4.69, 9.17) is 14.2 Å². The van der Waals surface area contributed by atoms with E-state index < -0.39 is 6.10 Å². The summed E-state index contributed by atoms with van der Waals surface area (Å²) in [7, 11) is 0. The number of para-hydroxylation sites is 1. The Morgan fingerprint density at radius 3 is 2.72 bits per heavy atom. The van der Waals surface area contributed by atoms with E-state index in [1.54, 1.807) is 6.92 Å². The monoisotopic (exact) mass is 395 g/mol. The summed E-state index contributed by atoms with van der Waals surface area (Å²) in [5, 5.41) is 0. The molecule has 0 radical (unpaired) electrons. The number of aryl methyl sites for hydroxylation is 2. The van der Waals surface area contributed by atoms with E-state index in [9.17, 15) is 4.79 Å². The highest BCUT2D eigenvalue weighted by atomic mass is 16.5. The summed E-state index contributed by atoms with van der Waals surface area (Å²) in [6.45, 7) is 3.85. The van der Waals surface area contributed by atoms with Crippen molar-refractivity contribution in [2.24, 2.45) is 0 Å². The van der Waals surface area contributed by atoms with Crippen molar-refractivity contribution < 1.29 is 19.0 Å². The summed E-state index contributed by atoms with van der Waals surface area (Å²) in [6.07, 6.45) is 4.17. The van der Waals surface area contributed by atoms with Crippen molar-refractivity contribution >= 4 is 5.91 Å². The van der Waals surface area contributed by atoms with Crippen molar-refractivity contribution in [3.63, 3.8) is 0 Å².